The van der Waals surface area contributed by atoms with Gasteiger partial charge in [-0.25, -0.2) is 9.48 Å². The number of hydrogen-bond donors (Lipinski definition) is 1. The van der Waals surface area contributed by atoms with Crippen LogP contribution in [0.1, 0.15) is 37.1 Å². The van der Waals surface area contributed by atoms with Crippen LogP contribution in [0.5, 0.6) is 0 Å². The molecule has 0 spiro atoms. The van der Waals surface area contributed by atoms with Crippen molar-refractivity contribution in [1.29, 1.82) is 0 Å². The molecule has 25 heavy (non-hydrogen) atoms. The van der Waals surface area contributed by atoms with Gasteiger partial charge in [0, 0.05) is 12.5 Å². The second-order valence-electron chi connectivity index (χ2n) is 5.90. The van der Waals surface area contributed by atoms with Gasteiger partial charge in [-0.05, 0) is 38.4 Å². The summed E-state index contributed by atoms with van der Waals surface area (Å²) in [6, 6.07) is 10.1. The molecular weight excluding hydrogens is 359 g/mol. The SMILES string of the molecule is CCn1c(C2CCNCC2)nn(CC=Cc2ccccc2)c1=O.Cl.Cl. The Balaban J connectivity index is 0.00000156. The van der Waals surface area contributed by atoms with E-state index in [1.165, 1.54) is 0 Å². The molecule has 0 bridgehead atoms. The second-order valence-corrected chi connectivity index (χ2v) is 5.90. The summed E-state index contributed by atoms with van der Waals surface area (Å²) in [4.78, 5) is 12.5. The van der Waals surface area contributed by atoms with Gasteiger partial charge in [0.15, 0.2) is 0 Å². The average Bonchev–Trinajstić information content (AvgIpc) is 2.93. The molecule has 1 aliphatic rings. The fraction of sp³-hybridized carbons (Fsp3) is 0.444. The van der Waals surface area contributed by atoms with Gasteiger partial charge < -0.3 is 5.32 Å². The largest absolute Gasteiger partial charge is 0.346 e. The molecular formula is C18H26Cl2N4O. The van der Waals surface area contributed by atoms with Crippen LogP contribution in [-0.2, 0) is 13.1 Å². The minimum Gasteiger partial charge on any atom is -0.317 e. The smallest absolute Gasteiger partial charge is 0.317 e. The summed E-state index contributed by atoms with van der Waals surface area (Å²) >= 11 is 0. The van der Waals surface area contributed by atoms with Gasteiger partial charge in [-0.15, -0.1) is 24.8 Å². The highest BCUT2D eigenvalue weighted by Gasteiger charge is 2.22. The summed E-state index contributed by atoms with van der Waals surface area (Å²) in [6.45, 7) is 5.21. The third-order valence-corrected chi connectivity index (χ3v) is 4.36. The summed E-state index contributed by atoms with van der Waals surface area (Å²) in [5, 5.41) is 7.99. The Morgan fingerprint density at radius 1 is 1.20 bits per heavy atom. The number of allylic oxidation sites excluding steroid dienone is 1. The zero-order valence-corrected chi connectivity index (χ0v) is 16.1. The molecule has 1 aliphatic heterocycles. The molecule has 1 N–H and O–H groups in total. The van der Waals surface area contributed by atoms with Crippen molar-refractivity contribution in [2.45, 2.75) is 38.8 Å². The molecule has 1 aromatic carbocycles. The number of benzene rings is 1. The van der Waals surface area contributed by atoms with E-state index in [0.717, 1.165) is 37.3 Å². The third-order valence-electron chi connectivity index (χ3n) is 4.36. The van der Waals surface area contributed by atoms with E-state index in [9.17, 15) is 4.79 Å². The predicted molar refractivity (Wildman–Crippen MR) is 107 cm³/mol. The van der Waals surface area contributed by atoms with E-state index in [4.69, 9.17) is 0 Å². The first-order valence-electron chi connectivity index (χ1n) is 8.39. The van der Waals surface area contributed by atoms with Gasteiger partial charge in [-0.1, -0.05) is 42.5 Å². The molecule has 138 valence electrons. The lowest BCUT2D eigenvalue weighted by Gasteiger charge is -2.21. The molecule has 7 heteroatoms. The van der Waals surface area contributed by atoms with Crippen LogP contribution in [0.3, 0.4) is 0 Å². The number of piperidine rings is 1. The molecule has 0 amide bonds. The van der Waals surface area contributed by atoms with Crippen LogP contribution in [0.4, 0.5) is 0 Å². The van der Waals surface area contributed by atoms with E-state index < -0.39 is 0 Å². The Morgan fingerprint density at radius 3 is 2.52 bits per heavy atom. The lowest BCUT2D eigenvalue weighted by Crippen LogP contribution is -2.29. The Labute approximate surface area is 160 Å². The summed E-state index contributed by atoms with van der Waals surface area (Å²) in [5.41, 5.74) is 1.13. The fourth-order valence-electron chi connectivity index (χ4n) is 3.11. The van der Waals surface area contributed by atoms with E-state index in [1.807, 2.05) is 54.0 Å². The Morgan fingerprint density at radius 2 is 1.88 bits per heavy atom. The lowest BCUT2D eigenvalue weighted by molar-refractivity contribution is 0.429. The summed E-state index contributed by atoms with van der Waals surface area (Å²) in [6.07, 6.45) is 6.13. The molecule has 2 aromatic rings. The van der Waals surface area contributed by atoms with Crippen molar-refractivity contribution >= 4 is 30.9 Å². The Bertz CT molecular complexity index is 718. The van der Waals surface area contributed by atoms with E-state index in [1.54, 1.807) is 4.68 Å². The standard InChI is InChI=1S/C18H24N4O.2ClH/c1-2-21-17(16-10-12-19-13-11-16)20-22(18(21)23)14-6-9-15-7-4-3-5-8-15;;/h3-9,16,19H,2,10-14H2,1H3;2*1H. The van der Waals surface area contributed by atoms with Crippen LogP contribution in [0, 0.1) is 0 Å². The van der Waals surface area contributed by atoms with Gasteiger partial charge in [-0.2, -0.15) is 5.10 Å². The zero-order chi connectivity index (χ0) is 16.1. The van der Waals surface area contributed by atoms with Crippen LogP contribution in [0.25, 0.3) is 6.08 Å². The van der Waals surface area contributed by atoms with Gasteiger partial charge >= 0.3 is 5.69 Å². The normalized spacial score (nSPS) is 14.9. The van der Waals surface area contributed by atoms with Gasteiger partial charge in [0.2, 0.25) is 0 Å². The van der Waals surface area contributed by atoms with Crippen LogP contribution in [0.2, 0.25) is 0 Å². The number of aromatic nitrogens is 3. The van der Waals surface area contributed by atoms with Crippen molar-refractivity contribution in [3.63, 3.8) is 0 Å². The Kier molecular flexibility index (Phi) is 8.97. The molecule has 0 aliphatic carbocycles. The van der Waals surface area contributed by atoms with Gasteiger partial charge in [0.25, 0.3) is 0 Å². The molecule has 1 aromatic heterocycles. The van der Waals surface area contributed by atoms with Crippen molar-refractivity contribution in [1.82, 2.24) is 19.7 Å². The highest BCUT2D eigenvalue weighted by atomic mass is 35.5. The van der Waals surface area contributed by atoms with Gasteiger partial charge in [-0.3, -0.25) is 4.57 Å². The topological polar surface area (TPSA) is 51.9 Å². The summed E-state index contributed by atoms with van der Waals surface area (Å²) in [5.74, 6) is 1.34. The molecule has 5 nitrogen and oxygen atoms in total. The van der Waals surface area contributed by atoms with Crippen LogP contribution in [-0.4, -0.2) is 27.4 Å². The predicted octanol–water partition coefficient (Wildman–Crippen LogP) is 3.09. The number of rotatable bonds is 5. The highest BCUT2D eigenvalue weighted by molar-refractivity contribution is 5.85. The summed E-state index contributed by atoms with van der Waals surface area (Å²) in [7, 11) is 0. The molecule has 0 unspecified atom stereocenters. The Hall–Kier alpha value is -1.56. The van der Waals surface area contributed by atoms with Crippen molar-refractivity contribution in [3.8, 4) is 0 Å². The minimum atomic E-state index is -0.00116. The number of nitrogens with one attached hydrogen (secondary N) is 1. The number of halogens is 2. The fourth-order valence-corrected chi connectivity index (χ4v) is 3.11. The molecule has 1 saturated heterocycles. The lowest BCUT2D eigenvalue weighted by atomic mass is 9.97. The highest BCUT2D eigenvalue weighted by Crippen LogP contribution is 2.22. The quantitative estimate of drug-likeness (QED) is 0.861. The van der Waals surface area contributed by atoms with E-state index in [2.05, 4.69) is 10.4 Å². The first-order valence-corrected chi connectivity index (χ1v) is 8.39. The maximum absolute atomic E-state index is 12.5. The van der Waals surface area contributed by atoms with E-state index in [-0.39, 0.29) is 30.5 Å². The molecule has 0 saturated carbocycles. The second kappa shape index (κ2) is 10.4. The number of hydrogen-bond acceptors (Lipinski definition) is 3. The maximum Gasteiger partial charge on any atom is 0.346 e. The number of nitrogens with zero attached hydrogens (tertiary/aromatic N) is 3. The molecule has 3 rings (SSSR count). The van der Waals surface area contributed by atoms with Gasteiger partial charge in [0.1, 0.15) is 5.82 Å². The minimum absolute atomic E-state index is 0. The summed E-state index contributed by atoms with van der Waals surface area (Å²) < 4.78 is 3.41. The average molecular weight is 385 g/mol. The third kappa shape index (κ3) is 5.21. The first-order chi connectivity index (χ1) is 11.3. The van der Waals surface area contributed by atoms with Crippen molar-refractivity contribution in [3.05, 3.63) is 58.3 Å². The zero-order valence-electron chi connectivity index (χ0n) is 14.4. The monoisotopic (exact) mass is 384 g/mol. The van der Waals surface area contributed by atoms with Crippen LogP contribution < -0.4 is 11.0 Å². The van der Waals surface area contributed by atoms with E-state index in [0.29, 0.717) is 19.0 Å². The van der Waals surface area contributed by atoms with E-state index >= 15 is 0 Å². The molecule has 0 radical (unpaired) electrons. The van der Waals surface area contributed by atoms with Crippen molar-refractivity contribution < 1.29 is 0 Å². The van der Waals surface area contributed by atoms with Crippen molar-refractivity contribution in [2.24, 2.45) is 0 Å². The van der Waals surface area contributed by atoms with Gasteiger partial charge in [0.05, 0.1) is 6.54 Å². The molecule has 1 fully saturated rings. The first kappa shape index (κ1) is 21.5. The molecule has 0 atom stereocenters. The van der Waals surface area contributed by atoms with Crippen LogP contribution in [0.15, 0.2) is 41.2 Å². The maximum atomic E-state index is 12.5. The van der Waals surface area contributed by atoms with Crippen LogP contribution >= 0.6 is 24.8 Å². The van der Waals surface area contributed by atoms with Crippen molar-refractivity contribution in [2.75, 3.05) is 13.1 Å². The molecule has 2 heterocycles.